The molecule has 2 atom stereocenters. The Morgan fingerprint density at radius 3 is 2.62 bits per heavy atom. The second kappa shape index (κ2) is 8.74. The highest BCUT2D eigenvalue weighted by Crippen LogP contribution is 2.47. The van der Waals surface area contributed by atoms with Crippen LogP contribution in [-0.2, 0) is 32.6 Å². The minimum absolute atomic E-state index is 0.00351. The average molecular weight is 522 g/mol. The van der Waals surface area contributed by atoms with Crippen molar-refractivity contribution in [2.45, 2.75) is 49.1 Å². The zero-order valence-corrected chi connectivity index (χ0v) is 21.9. The summed E-state index contributed by atoms with van der Waals surface area (Å²) in [6.07, 6.45) is 5.56. The van der Waals surface area contributed by atoms with Gasteiger partial charge in [0.25, 0.3) is 0 Å². The molecule has 1 aromatic heterocycles. The van der Waals surface area contributed by atoms with Crippen LogP contribution in [0.25, 0.3) is 0 Å². The molecule has 39 heavy (non-hydrogen) atoms. The molecule has 198 valence electrons. The number of hydrogen-bond donors (Lipinski definition) is 2. The van der Waals surface area contributed by atoms with Gasteiger partial charge in [-0.2, -0.15) is 0 Å². The number of anilines is 2. The van der Waals surface area contributed by atoms with Crippen molar-refractivity contribution >= 4 is 29.2 Å². The molecule has 0 unspecified atom stereocenters. The van der Waals surface area contributed by atoms with Crippen molar-refractivity contribution in [3.05, 3.63) is 89.1 Å². The van der Waals surface area contributed by atoms with Crippen molar-refractivity contribution < 1.29 is 14.4 Å². The van der Waals surface area contributed by atoms with Gasteiger partial charge >= 0.3 is 0 Å². The fourth-order valence-corrected chi connectivity index (χ4v) is 7.05. The van der Waals surface area contributed by atoms with Crippen LogP contribution in [0, 0.1) is 0 Å². The molecule has 8 heteroatoms. The van der Waals surface area contributed by atoms with Crippen molar-refractivity contribution in [3.63, 3.8) is 0 Å². The summed E-state index contributed by atoms with van der Waals surface area (Å²) in [7, 11) is 2.03. The van der Waals surface area contributed by atoms with E-state index >= 15 is 0 Å². The van der Waals surface area contributed by atoms with E-state index in [1.54, 1.807) is 11.1 Å². The van der Waals surface area contributed by atoms with E-state index < -0.39 is 11.0 Å². The molecule has 3 aromatic rings. The Morgan fingerprint density at radius 1 is 1.05 bits per heavy atom. The summed E-state index contributed by atoms with van der Waals surface area (Å²) < 4.78 is 0. The van der Waals surface area contributed by atoms with Gasteiger partial charge in [0.2, 0.25) is 17.7 Å². The monoisotopic (exact) mass is 521 g/mol. The predicted octanol–water partition coefficient (Wildman–Crippen LogP) is 3.45. The molecule has 2 fully saturated rings. The van der Waals surface area contributed by atoms with Crippen LogP contribution in [0.1, 0.15) is 47.6 Å². The Balaban J connectivity index is 1.11. The number of likely N-dealkylation sites (N-methyl/N-ethyl adjacent to an activating group) is 1. The first-order valence-electron chi connectivity index (χ1n) is 13.7. The van der Waals surface area contributed by atoms with Gasteiger partial charge in [-0.15, -0.1) is 0 Å². The summed E-state index contributed by atoms with van der Waals surface area (Å²) in [6.45, 7) is 0.693. The maximum Gasteiger partial charge on any atom is 0.244 e. The van der Waals surface area contributed by atoms with Crippen LogP contribution in [-0.4, -0.2) is 58.2 Å². The molecule has 2 spiro atoms. The lowest BCUT2D eigenvalue weighted by molar-refractivity contribution is -0.164. The normalized spacial score (nSPS) is 24.8. The number of amides is 3. The second-order valence-electron chi connectivity index (χ2n) is 11.4. The first kappa shape index (κ1) is 24.0. The largest absolute Gasteiger partial charge is 0.325 e. The van der Waals surface area contributed by atoms with Crippen LogP contribution < -0.4 is 10.6 Å². The van der Waals surface area contributed by atoms with E-state index in [1.165, 1.54) is 0 Å². The van der Waals surface area contributed by atoms with Gasteiger partial charge in [-0.05, 0) is 74.0 Å². The number of hydrogen-bond acceptors (Lipinski definition) is 5. The Morgan fingerprint density at radius 2 is 1.85 bits per heavy atom. The molecule has 1 saturated carbocycles. The van der Waals surface area contributed by atoms with Crippen molar-refractivity contribution in [1.82, 2.24) is 14.8 Å². The summed E-state index contributed by atoms with van der Waals surface area (Å²) in [4.78, 5) is 48.5. The lowest BCUT2D eigenvalue weighted by Gasteiger charge is -2.55. The highest BCUT2D eigenvalue weighted by molar-refractivity contribution is 6.06. The molecule has 4 aliphatic rings. The number of fused-ring (bicyclic) bond motifs is 3. The third kappa shape index (κ3) is 3.61. The van der Waals surface area contributed by atoms with Gasteiger partial charge in [0, 0.05) is 24.0 Å². The van der Waals surface area contributed by atoms with E-state index in [1.807, 2.05) is 67.7 Å². The third-order valence-corrected chi connectivity index (χ3v) is 9.36. The molecule has 7 rings (SSSR count). The van der Waals surface area contributed by atoms with Gasteiger partial charge in [-0.1, -0.05) is 42.5 Å². The minimum atomic E-state index is -0.652. The molecule has 8 nitrogen and oxygen atoms in total. The molecule has 1 saturated heterocycles. The SMILES string of the molecule is CN1C[C@@H](c2ccccc2)N(CC(=O)Nc2ccc3c(c2)C[C@@]2(C3)C(=O)Nc3ncccc32)C(=O)C12CCC2. The molecule has 0 radical (unpaired) electrons. The summed E-state index contributed by atoms with van der Waals surface area (Å²) in [5.74, 6) is 0.437. The first-order valence-corrected chi connectivity index (χ1v) is 13.7. The number of nitrogens with one attached hydrogen (secondary N) is 2. The van der Waals surface area contributed by atoms with Gasteiger partial charge in [-0.25, -0.2) is 4.98 Å². The number of benzene rings is 2. The average Bonchev–Trinajstić information content (AvgIpc) is 3.42. The molecule has 2 aromatic carbocycles. The molecule has 3 heterocycles. The molecule has 2 aliphatic carbocycles. The van der Waals surface area contributed by atoms with Crippen LogP contribution >= 0.6 is 0 Å². The third-order valence-electron chi connectivity index (χ3n) is 9.36. The Kier molecular flexibility index (Phi) is 5.39. The number of aromatic nitrogens is 1. The number of rotatable bonds is 4. The van der Waals surface area contributed by atoms with Crippen LogP contribution in [0.2, 0.25) is 0 Å². The molecule has 2 aliphatic heterocycles. The molecule has 3 amide bonds. The number of nitrogens with zero attached hydrogens (tertiary/aromatic N) is 3. The number of pyridine rings is 1. The minimum Gasteiger partial charge on any atom is -0.325 e. The van der Waals surface area contributed by atoms with E-state index in [9.17, 15) is 14.4 Å². The summed E-state index contributed by atoms with van der Waals surface area (Å²) in [5, 5.41) is 5.97. The van der Waals surface area contributed by atoms with Crippen LogP contribution in [0.15, 0.2) is 66.9 Å². The summed E-state index contributed by atoms with van der Waals surface area (Å²) in [5.41, 5.74) is 3.66. The van der Waals surface area contributed by atoms with Crippen molar-refractivity contribution in [2.75, 3.05) is 30.8 Å². The molecular formula is C31H31N5O3. The standard InChI is InChI=1S/C31H31N5O3/c1-35-18-25(20-7-3-2-4-8-20)36(29(39)31(35)12-6-13-31)19-26(37)33-23-11-10-21-16-30(17-22(21)15-23)24-9-5-14-32-27(24)34-28(30)38/h2-5,7-11,14-15,25H,6,12-13,16-19H2,1H3,(H,33,37)(H,32,34,38)/t25-,30+/m0/s1. The smallest absolute Gasteiger partial charge is 0.244 e. The number of piperazine rings is 1. The highest BCUT2D eigenvalue weighted by atomic mass is 16.2. The highest BCUT2D eigenvalue weighted by Gasteiger charge is 2.55. The summed E-state index contributed by atoms with van der Waals surface area (Å²) >= 11 is 0. The predicted molar refractivity (Wildman–Crippen MR) is 147 cm³/mol. The van der Waals surface area contributed by atoms with Crippen LogP contribution in [0.4, 0.5) is 11.5 Å². The molecule has 2 N–H and O–H groups in total. The van der Waals surface area contributed by atoms with E-state index in [4.69, 9.17) is 0 Å². The molecule has 0 bridgehead atoms. The van der Waals surface area contributed by atoms with Gasteiger partial charge in [0.15, 0.2) is 0 Å². The van der Waals surface area contributed by atoms with Gasteiger partial charge in [0.1, 0.15) is 17.9 Å². The van der Waals surface area contributed by atoms with E-state index in [2.05, 4.69) is 20.5 Å². The fraction of sp³-hybridized carbons (Fsp3) is 0.355. The van der Waals surface area contributed by atoms with E-state index in [0.29, 0.717) is 30.9 Å². The Bertz CT molecular complexity index is 1500. The Hall–Kier alpha value is -4.04. The zero-order chi connectivity index (χ0) is 26.8. The van der Waals surface area contributed by atoms with E-state index in [-0.39, 0.29) is 30.3 Å². The van der Waals surface area contributed by atoms with Gasteiger partial charge in [-0.3, -0.25) is 19.3 Å². The van der Waals surface area contributed by atoms with Crippen LogP contribution in [0.3, 0.4) is 0 Å². The zero-order valence-electron chi connectivity index (χ0n) is 21.9. The number of carbonyl (C=O) groups excluding carboxylic acids is 3. The van der Waals surface area contributed by atoms with Gasteiger partial charge < -0.3 is 15.5 Å². The molecular weight excluding hydrogens is 490 g/mol. The summed E-state index contributed by atoms with van der Waals surface area (Å²) in [6, 6.07) is 19.5. The fourth-order valence-electron chi connectivity index (χ4n) is 7.05. The van der Waals surface area contributed by atoms with Gasteiger partial charge in [0.05, 0.1) is 11.5 Å². The number of carbonyl (C=O) groups is 3. The lowest BCUT2D eigenvalue weighted by Crippen LogP contribution is -2.68. The van der Waals surface area contributed by atoms with Crippen LogP contribution in [0.5, 0.6) is 0 Å². The van der Waals surface area contributed by atoms with Crippen molar-refractivity contribution in [3.8, 4) is 0 Å². The maximum absolute atomic E-state index is 13.8. The van der Waals surface area contributed by atoms with Crippen molar-refractivity contribution in [1.29, 1.82) is 0 Å². The van der Waals surface area contributed by atoms with Crippen molar-refractivity contribution in [2.24, 2.45) is 0 Å². The quantitative estimate of drug-likeness (QED) is 0.549. The second-order valence-corrected chi connectivity index (χ2v) is 11.4. The lowest BCUT2D eigenvalue weighted by atomic mass is 9.72. The maximum atomic E-state index is 13.8. The van der Waals surface area contributed by atoms with E-state index in [0.717, 1.165) is 41.5 Å². The topological polar surface area (TPSA) is 94.6 Å². The first-order chi connectivity index (χ1) is 18.9. The Labute approximate surface area is 227 Å².